The van der Waals surface area contributed by atoms with Gasteiger partial charge in [-0.05, 0) is 43.0 Å². The van der Waals surface area contributed by atoms with Gasteiger partial charge >= 0.3 is 0 Å². The molecule has 0 spiro atoms. The number of nitrogens with zero attached hydrogens (tertiary/aromatic N) is 2. The summed E-state index contributed by atoms with van der Waals surface area (Å²) < 4.78 is 0. The number of aryl methyl sites for hydroxylation is 2. The maximum atomic E-state index is 4.36. The van der Waals surface area contributed by atoms with E-state index in [1.165, 1.54) is 36.0 Å². The Balaban J connectivity index is 1.90. The van der Waals surface area contributed by atoms with E-state index < -0.39 is 0 Å². The second kappa shape index (κ2) is 4.86. The highest BCUT2D eigenvalue weighted by atomic mass is 14.9. The number of nitrogens with one attached hydrogen (secondary N) is 1. The van der Waals surface area contributed by atoms with Crippen molar-refractivity contribution in [2.45, 2.75) is 25.8 Å². The molecule has 1 N–H and O–H groups in total. The summed E-state index contributed by atoms with van der Waals surface area (Å²) in [6, 6.07) is 6.72. The van der Waals surface area contributed by atoms with E-state index in [0.29, 0.717) is 6.54 Å². The Morgan fingerprint density at radius 2 is 1.83 bits per heavy atom. The molecule has 0 fully saturated rings. The highest BCUT2D eigenvalue weighted by molar-refractivity contribution is 5.63. The zero-order chi connectivity index (χ0) is 12.4. The number of hydrogen-bond donors (Lipinski definition) is 1. The van der Waals surface area contributed by atoms with Crippen LogP contribution in [0.2, 0.25) is 0 Å². The SMILES string of the molecule is CNCc1ncc(-c2ccc3c(c2)CCC3)cn1. The van der Waals surface area contributed by atoms with Crippen molar-refractivity contribution in [3.63, 3.8) is 0 Å². The fourth-order valence-electron chi connectivity index (χ4n) is 2.50. The van der Waals surface area contributed by atoms with Crippen LogP contribution in [0.25, 0.3) is 11.1 Å². The molecule has 0 saturated carbocycles. The third-order valence-corrected chi connectivity index (χ3v) is 3.47. The molecule has 18 heavy (non-hydrogen) atoms. The average Bonchev–Trinajstić information content (AvgIpc) is 2.87. The molecule has 3 rings (SSSR count). The molecule has 3 nitrogen and oxygen atoms in total. The predicted octanol–water partition coefficient (Wildman–Crippen LogP) is 2.35. The zero-order valence-electron chi connectivity index (χ0n) is 10.6. The molecule has 1 aromatic carbocycles. The normalized spacial score (nSPS) is 13.6. The molecule has 92 valence electrons. The smallest absolute Gasteiger partial charge is 0.141 e. The van der Waals surface area contributed by atoms with Crippen molar-refractivity contribution in [3.8, 4) is 11.1 Å². The van der Waals surface area contributed by atoms with Crippen LogP contribution < -0.4 is 5.32 Å². The maximum absolute atomic E-state index is 4.36. The zero-order valence-corrected chi connectivity index (χ0v) is 10.6. The Hall–Kier alpha value is -1.74. The van der Waals surface area contributed by atoms with Gasteiger partial charge in [0.1, 0.15) is 5.82 Å². The summed E-state index contributed by atoms with van der Waals surface area (Å²) in [6.45, 7) is 0.713. The lowest BCUT2D eigenvalue weighted by Gasteiger charge is -2.05. The molecule has 0 amide bonds. The summed E-state index contributed by atoms with van der Waals surface area (Å²) in [5.74, 6) is 0.836. The first kappa shape index (κ1) is 11.4. The second-order valence-electron chi connectivity index (χ2n) is 4.76. The number of aromatic nitrogens is 2. The number of fused-ring (bicyclic) bond motifs is 1. The van der Waals surface area contributed by atoms with Crippen LogP contribution in [0.5, 0.6) is 0 Å². The summed E-state index contributed by atoms with van der Waals surface area (Å²) in [5, 5.41) is 3.05. The van der Waals surface area contributed by atoms with Crippen molar-refractivity contribution in [2.75, 3.05) is 7.05 Å². The van der Waals surface area contributed by atoms with Gasteiger partial charge in [-0.25, -0.2) is 9.97 Å². The summed E-state index contributed by atoms with van der Waals surface area (Å²) in [7, 11) is 1.90. The lowest BCUT2D eigenvalue weighted by Crippen LogP contribution is -2.08. The topological polar surface area (TPSA) is 37.8 Å². The van der Waals surface area contributed by atoms with Gasteiger partial charge in [0.2, 0.25) is 0 Å². The molecule has 0 atom stereocenters. The number of benzene rings is 1. The minimum atomic E-state index is 0.713. The molecule has 1 aliphatic carbocycles. The first-order valence-corrected chi connectivity index (χ1v) is 6.44. The Morgan fingerprint density at radius 1 is 1.06 bits per heavy atom. The molecule has 0 radical (unpaired) electrons. The number of rotatable bonds is 3. The first-order chi connectivity index (χ1) is 8.86. The van der Waals surface area contributed by atoms with Gasteiger partial charge < -0.3 is 5.32 Å². The van der Waals surface area contributed by atoms with E-state index in [1.54, 1.807) is 0 Å². The van der Waals surface area contributed by atoms with E-state index in [4.69, 9.17) is 0 Å². The fourth-order valence-corrected chi connectivity index (χ4v) is 2.50. The van der Waals surface area contributed by atoms with Gasteiger partial charge in [0, 0.05) is 18.0 Å². The van der Waals surface area contributed by atoms with E-state index in [0.717, 1.165) is 11.4 Å². The quantitative estimate of drug-likeness (QED) is 0.893. The molecule has 1 aliphatic rings. The summed E-state index contributed by atoms with van der Waals surface area (Å²) in [6.07, 6.45) is 7.55. The van der Waals surface area contributed by atoms with Gasteiger partial charge in [0.15, 0.2) is 0 Å². The molecular formula is C15H17N3. The van der Waals surface area contributed by atoms with Gasteiger partial charge in [0.25, 0.3) is 0 Å². The lowest BCUT2D eigenvalue weighted by molar-refractivity contribution is 0.758. The van der Waals surface area contributed by atoms with Crippen molar-refractivity contribution in [1.29, 1.82) is 0 Å². The van der Waals surface area contributed by atoms with E-state index in [9.17, 15) is 0 Å². The Bertz CT molecular complexity index is 546. The molecule has 1 heterocycles. The predicted molar refractivity (Wildman–Crippen MR) is 72.3 cm³/mol. The van der Waals surface area contributed by atoms with Crippen molar-refractivity contribution in [1.82, 2.24) is 15.3 Å². The number of hydrogen-bond acceptors (Lipinski definition) is 3. The molecule has 0 bridgehead atoms. The Morgan fingerprint density at radius 3 is 2.61 bits per heavy atom. The highest BCUT2D eigenvalue weighted by Gasteiger charge is 2.11. The van der Waals surface area contributed by atoms with Gasteiger partial charge in [-0.3, -0.25) is 0 Å². The largest absolute Gasteiger partial charge is 0.313 e. The minimum absolute atomic E-state index is 0.713. The molecule has 3 heteroatoms. The summed E-state index contributed by atoms with van der Waals surface area (Å²) >= 11 is 0. The van der Waals surface area contributed by atoms with E-state index in [1.807, 2.05) is 19.4 Å². The van der Waals surface area contributed by atoms with Gasteiger partial charge in [-0.2, -0.15) is 0 Å². The minimum Gasteiger partial charge on any atom is -0.313 e. The van der Waals surface area contributed by atoms with Crippen LogP contribution in [0, 0.1) is 0 Å². The molecule has 0 aliphatic heterocycles. The first-order valence-electron chi connectivity index (χ1n) is 6.44. The van der Waals surface area contributed by atoms with Crippen LogP contribution in [0.1, 0.15) is 23.4 Å². The molecule has 1 aromatic heterocycles. The van der Waals surface area contributed by atoms with E-state index in [2.05, 4.69) is 33.5 Å². The Labute approximate surface area is 107 Å². The third kappa shape index (κ3) is 2.14. The summed E-state index contributed by atoms with van der Waals surface area (Å²) in [4.78, 5) is 8.73. The van der Waals surface area contributed by atoms with Crippen LogP contribution in [0.4, 0.5) is 0 Å². The molecule has 0 saturated heterocycles. The van der Waals surface area contributed by atoms with Crippen molar-refractivity contribution >= 4 is 0 Å². The standard InChI is InChI=1S/C15H17N3/c1-16-10-15-17-8-14(9-18-15)13-6-5-11-3-2-4-12(11)7-13/h5-9,16H,2-4,10H2,1H3. The highest BCUT2D eigenvalue weighted by Crippen LogP contribution is 2.27. The van der Waals surface area contributed by atoms with Crippen molar-refractivity contribution in [3.05, 3.63) is 47.5 Å². The monoisotopic (exact) mass is 239 g/mol. The lowest BCUT2D eigenvalue weighted by atomic mass is 10.0. The van der Waals surface area contributed by atoms with Gasteiger partial charge in [0.05, 0.1) is 6.54 Å². The van der Waals surface area contributed by atoms with Crippen LogP contribution >= 0.6 is 0 Å². The molecule has 2 aromatic rings. The van der Waals surface area contributed by atoms with E-state index in [-0.39, 0.29) is 0 Å². The van der Waals surface area contributed by atoms with Crippen LogP contribution in [0.3, 0.4) is 0 Å². The van der Waals surface area contributed by atoms with Crippen LogP contribution in [0.15, 0.2) is 30.6 Å². The van der Waals surface area contributed by atoms with Crippen molar-refractivity contribution < 1.29 is 0 Å². The van der Waals surface area contributed by atoms with Gasteiger partial charge in [-0.15, -0.1) is 0 Å². The average molecular weight is 239 g/mol. The maximum Gasteiger partial charge on any atom is 0.141 e. The second-order valence-corrected chi connectivity index (χ2v) is 4.76. The Kier molecular flexibility index (Phi) is 3.07. The third-order valence-electron chi connectivity index (χ3n) is 3.47. The fraction of sp³-hybridized carbons (Fsp3) is 0.333. The molecular weight excluding hydrogens is 222 g/mol. The molecule has 0 unspecified atom stereocenters. The van der Waals surface area contributed by atoms with E-state index >= 15 is 0 Å². The van der Waals surface area contributed by atoms with Gasteiger partial charge in [-0.1, -0.05) is 18.2 Å². The van der Waals surface area contributed by atoms with Crippen LogP contribution in [-0.4, -0.2) is 17.0 Å². The summed E-state index contributed by atoms with van der Waals surface area (Å²) in [5.41, 5.74) is 5.33. The van der Waals surface area contributed by atoms with Crippen molar-refractivity contribution in [2.24, 2.45) is 0 Å². The van der Waals surface area contributed by atoms with Crippen LogP contribution in [-0.2, 0) is 19.4 Å².